The van der Waals surface area contributed by atoms with Crippen molar-refractivity contribution in [3.8, 4) is 0 Å². The van der Waals surface area contributed by atoms with Gasteiger partial charge in [-0.25, -0.2) is 0 Å². The molecule has 25 heteroatoms. The van der Waals surface area contributed by atoms with Crippen molar-refractivity contribution in [3.63, 3.8) is 0 Å². The molecule has 10 aliphatic rings. The van der Waals surface area contributed by atoms with Gasteiger partial charge in [-0.3, -0.25) is 4.79 Å². The number of rotatable bonds is 12. The van der Waals surface area contributed by atoms with Crippen LogP contribution in [0.3, 0.4) is 0 Å². The molecule has 5 saturated heterocycles. The van der Waals surface area contributed by atoms with Crippen LogP contribution in [0.2, 0.25) is 0 Å². The van der Waals surface area contributed by atoms with E-state index < -0.39 is 171 Å². The molecule has 468 valence electrons. The first kappa shape index (κ1) is 63.1. The molecule has 25 nitrogen and oxygen atoms in total. The van der Waals surface area contributed by atoms with Crippen LogP contribution in [0, 0.1) is 44.8 Å². The molecule has 0 radical (unpaired) electrons. The fraction of sp³-hybridized carbons (Fsp3) is 0.912. The zero-order valence-electron chi connectivity index (χ0n) is 47.5. The molecule has 31 atom stereocenters. The fourth-order valence-electron chi connectivity index (χ4n) is 16.8. The molecule has 9 fully saturated rings. The quantitative estimate of drug-likeness (QED) is 0.0551. The van der Waals surface area contributed by atoms with E-state index in [1.165, 1.54) is 12.5 Å². The summed E-state index contributed by atoms with van der Waals surface area (Å²) in [4.78, 5) is 15.1. The summed E-state index contributed by atoms with van der Waals surface area (Å²) in [6, 6.07) is 0. The van der Waals surface area contributed by atoms with Crippen molar-refractivity contribution >= 4 is 5.97 Å². The third-order valence-electron chi connectivity index (χ3n) is 22.1. The number of fused-ring (bicyclic) bond motifs is 7. The first-order chi connectivity index (χ1) is 38.5. The molecule has 0 bridgehead atoms. The van der Waals surface area contributed by atoms with Gasteiger partial charge in [-0.05, 0) is 105 Å². The minimum absolute atomic E-state index is 0.165. The summed E-state index contributed by atoms with van der Waals surface area (Å²) in [6.07, 6.45) is -27.1. The second-order valence-electron chi connectivity index (χ2n) is 26.8. The SMILES string of the molecule is C=C1CC[C@]2(C(=O)O[C@@H]3O[C@@H](CO[C@@H]4O[C@@H](CO[C@H]5O[C@@H](C)[C@@H](O)[C@@H](O)[C@H]5O)[C@H](O)[C@H](O)[C@H]4O)[C@H](O)[C@@H](O)[C@H]3O)CC[C@]3(C)C(=CC[C@H]4[C@]5(C)CC[C@H](O[C@@H]6OC[C@H](O)[C@H](O[C@@H]7OC[C@@H](O)[C@H](O)[C@@H]7O)[C@@H]6O)C(C)(C)[C@@H]5CC[C@]43C)[C@@H]2C1. The Morgan fingerprint density at radius 3 is 1.79 bits per heavy atom. The fourth-order valence-corrected chi connectivity index (χ4v) is 16.8. The number of carbonyl (C=O) groups is 1. The van der Waals surface area contributed by atoms with Gasteiger partial charge in [0.2, 0.25) is 6.29 Å². The lowest BCUT2D eigenvalue weighted by atomic mass is 9.34. The first-order valence-electron chi connectivity index (χ1n) is 29.4. The zero-order chi connectivity index (χ0) is 59.5. The van der Waals surface area contributed by atoms with Crippen molar-refractivity contribution in [1.82, 2.24) is 0 Å². The standard InChI is InChI=1S/C57H90O25/c1-23-10-15-57(52(72)82-51-44(70)40(66)37(63)30(79-51)22-76-48-43(69)39(65)36(62)29(78-48)21-75-47-42(68)38(64)34(60)24(2)77-47)17-16-55(6)25(26(57)18-23)8-9-32-54(5)13-12-33(53(3,4)31(54)11-14-56(32,55)7)80-50-45(71)46(28(59)20-74-50)81-49-41(67)35(61)27(58)19-73-49/h8,24,26-51,58-71H,1,9-22H2,2-7H3/t24-,26-,27+,28-,29-,30-,31-,32-,33-,34+,35-,36-,37-,38+,39-,40+,41-,42+,43+,44+,45-,46-,47-,48+,49-,50-,51-,54+,55+,56+,57-/m0/s1. The number of allylic oxidation sites excluding steroid dienone is 3. The van der Waals surface area contributed by atoms with E-state index in [9.17, 15) is 71.5 Å². The maximum absolute atomic E-state index is 15.1. The van der Waals surface area contributed by atoms with Gasteiger partial charge in [-0.15, -0.1) is 0 Å². The Hall–Kier alpha value is -1.97. The second-order valence-corrected chi connectivity index (χ2v) is 26.8. The normalized spacial score (nSPS) is 54.1. The van der Waals surface area contributed by atoms with Gasteiger partial charge in [0.1, 0.15) is 104 Å². The van der Waals surface area contributed by atoms with Crippen LogP contribution in [0.5, 0.6) is 0 Å². The Bertz CT molecular complexity index is 2310. The number of hydrogen-bond donors (Lipinski definition) is 14. The van der Waals surface area contributed by atoms with E-state index >= 15 is 4.79 Å². The minimum atomic E-state index is -1.89. The van der Waals surface area contributed by atoms with Gasteiger partial charge in [0.25, 0.3) is 0 Å². The molecule has 5 aliphatic carbocycles. The van der Waals surface area contributed by atoms with E-state index in [1.54, 1.807) is 0 Å². The van der Waals surface area contributed by atoms with Crippen molar-refractivity contribution < 1.29 is 124 Å². The third-order valence-corrected chi connectivity index (χ3v) is 22.1. The van der Waals surface area contributed by atoms with Crippen LogP contribution < -0.4 is 0 Å². The first-order valence-corrected chi connectivity index (χ1v) is 29.4. The average Bonchev–Trinajstić information content (AvgIpc) is 0.761. The Labute approximate surface area is 476 Å². The number of carbonyl (C=O) groups excluding carboxylic acids is 1. The summed E-state index contributed by atoms with van der Waals surface area (Å²) in [5.74, 6) is -0.537. The topological polar surface area (TPSA) is 393 Å². The van der Waals surface area contributed by atoms with Crippen LogP contribution in [-0.4, -0.2) is 251 Å². The highest BCUT2D eigenvalue weighted by Crippen LogP contribution is 2.75. The molecular weight excluding hydrogens is 1080 g/mol. The van der Waals surface area contributed by atoms with Crippen LogP contribution >= 0.6 is 0 Å². The Morgan fingerprint density at radius 1 is 0.585 bits per heavy atom. The number of esters is 1. The highest BCUT2D eigenvalue weighted by molar-refractivity contribution is 5.79. The number of aliphatic hydroxyl groups excluding tert-OH is 14. The summed E-state index contributed by atoms with van der Waals surface area (Å²) in [6.45, 7) is 15.6. The molecule has 5 heterocycles. The zero-order valence-corrected chi connectivity index (χ0v) is 47.5. The molecule has 5 aliphatic heterocycles. The average molecular weight is 1180 g/mol. The van der Waals surface area contributed by atoms with Crippen molar-refractivity contribution in [2.45, 2.75) is 253 Å². The minimum Gasteiger partial charge on any atom is -0.432 e. The Balaban J connectivity index is 0.803. The van der Waals surface area contributed by atoms with Crippen LogP contribution in [0.1, 0.15) is 106 Å². The summed E-state index contributed by atoms with van der Waals surface area (Å²) in [7, 11) is 0. The molecule has 14 N–H and O–H groups in total. The molecular formula is C57H90O25. The van der Waals surface area contributed by atoms with Gasteiger partial charge >= 0.3 is 5.97 Å². The van der Waals surface area contributed by atoms with Gasteiger partial charge in [-0.1, -0.05) is 58.4 Å². The van der Waals surface area contributed by atoms with Crippen molar-refractivity contribution in [3.05, 3.63) is 23.8 Å². The monoisotopic (exact) mass is 1170 g/mol. The molecule has 10 rings (SSSR count). The van der Waals surface area contributed by atoms with Gasteiger partial charge in [0, 0.05) is 5.92 Å². The van der Waals surface area contributed by atoms with Gasteiger partial charge < -0.3 is 119 Å². The number of hydrogen-bond acceptors (Lipinski definition) is 25. The van der Waals surface area contributed by atoms with E-state index in [2.05, 4.69) is 47.3 Å². The van der Waals surface area contributed by atoms with Crippen LogP contribution in [0.15, 0.2) is 23.8 Å². The van der Waals surface area contributed by atoms with Crippen LogP contribution in [-0.2, 0) is 52.2 Å². The maximum Gasteiger partial charge on any atom is 0.315 e. The number of aliphatic hydroxyl groups is 14. The van der Waals surface area contributed by atoms with E-state index in [-0.39, 0.29) is 53.3 Å². The number of ether oxygens (including phenoxy) is 10. The van der Waals surface area contributed by atoms with E-state index in [0.29, 0.717) is 38.5 Å². The smallest absolute Gasteiger partial charge is 0.315 e. The van der Waals surface area contributed by atoms with E-state index in [0.717, 1.165) is 31.3 Å². The molecule has 0 amide bonds. The lowest BCUT2D eigenvalue weighted by Gasteiger charge is -2.71. The van der Waals surface area contributed by atoms with Gasteiger partial charge in [0.15, 0.2) is 25.2 Å². The van der Waals surface area contributed by atoms with Crippen molar-refractivity contribution in [2.75, 3.05) is 26.4 Å². The third kappa shape index (κ3) is 10.6. The largest absolute Gasteiger partial charge is 0.432 e. The predicted molar refractivity (Wildman–Crippen MR) is 277 cm³/mol. The molecule has 4 saturated carbocycles. The van der Waals surface area contributed by atoms with Gasteiger partial charge in [0.05, 0.1) is 44.1 Å². The highest BCUT2D eigenvalue weighted by atomic mass is 16.8. The van der Waals surface area contributed by atoms with E-state index in [1.807, 2.05) is 0 Å². The lowest BCUT2D eigenvalue weighted by Crippen LogP contribution is -2.66. The van der Waals surface area contributed by atoms with Crippen molar-refractivity contribution in [2.24, 2.45) is 44.8 Å². The summed E-state index contributed by atoms with van der Waals surface area (Å²) in [5, 5.41) is 150. The Morgan fingerprint density at radius 2 is 1.15 bits per heavy atom. The second kappa shape index (κ2) is 23.5. The Kier molecular flexibility index (Phi) is 18.1. The summed E-state index contributed by atoms with van der Waals surface area (Å²) in [5.41, 5.74) is -0.0485. The van der Waals surface area contributed by atoms with Crippen molar-refractivity contribution in [1.29, 1.82) is 0 Å². The molecule has 0 aromatic rings. The molecule has 0 aromatic carbocycles. The molecule has 0 unspecified atom stereocenters. The summed E-state index contributed by atoms with van der Waals surface area (Å²) < 4.78 is 58.5. The maximum atomic E-state index is 15.1. The molecule has 82 heavy (non-hydrogen) atoms. The van der Waals surface area contributed by atoms with Gasteiger partial charge in [-0.2, -0.15) is 0 Å². The predicted octanol–water partition coefficient (Wildman–Crippen LogP) is -2.38. The highest BCUT2D eigenvalue weighted by Gasteiger charge is 2.70. The lowest BCUT2D eigenvalue weighted by molar-refractivity contribution is -0.346. The van der Waals surface area contributed by atoms with Crippen LogP contribution in [0.4, 0.5) is 0 Å². The van der Waals surface area contributed by atoms with Crippen LogP contribution in [0.25, 0.3) is 0 Å². The van der Waals surface area contributed by atoms with E-state index in [4.69, 9.17) is 47.4 Å². The molecule has 0 aromatic heterocycles. The molecule has 0 spiro atoms. The summed E-state index contributed by atoms with van der Waals surface area (Å²) >= 11 is 0.